The standard InChI is InChI=1S/C22H22N2O6S/c1-2-19(22(28)24-15-6-7-17-18(13-15)30-11-10-29-17)31-16-5-3-4-14(12-16)23-20(25)8-9-21(26)27/h3-9,12-13,19H,2,10-11H2,1H3,(H,23,25)(H,24,28)(H,26,27)/b9-8+. The summed E-state index contributed by atoms with van der Waals surface area (Å²) in [5, 5.41) is 13.7. The number of anilines is 2. The van der Waals surface area contributed by atoms with Crippen molar-refractivity contribution in [1.82, 2.24) is 0 Å². The number of carbonyl (C=O) groups is 3. The zero-order valence-corrected chi connectivity index (χ0v) is 17.6. The van der Waals surface area contributed by atoms with Crippen molar-refractivity contribution < 1.29 is 29.0 Å². The van der Waals surface area contributed by atoms with Crippen molar-refractivity contribution in [3.8, 4) is 11.5 Å². The van der Waals surface area contributed by atoms with Gasteiger partial charge in [-0.15, -0.1) is 11.8 Å². The Morgan fingerprint density at radius 2 is 1.77 bits per heavy atom. The molecule has 0 bridgehead atoms. The van der Waals surface area contributed by atoms with Crippen LogP contribution in [0.5, 0.6) is 11.5 Å². The van der Waals surface area contributed by atoms with Crippen molar-refractivity contribution in [2.45, 2.75) is 23.5 Å². The Balaban J connectivity index is 1.63. The number of amides is 2. The second-order valence-corrected chi connectivity index (χ2v) is 7.83. The average Bonchev–Trinajstić information content (AvgIpc) is 2.76. The molecule has 2 aromatic rings. The van der Waals surface area contributed by atoms with Gasteiger partial charge in [-0.05, 0) is 36.8 Å². The molecule has 1 aliphatic rings. The number of thioether (sulfide) groups is 1. The summed E-state index contributed by atoms with van der Waals surface area (Å²) in [6, 6.07) is 12.3. The summed E-state index contributed by atoms with van der Waals surface area (Å²) < 4.78 is 11.0. The van der Waals surface area contributed by atoms with E-state index < -0.39 is 11.9 Å². The number of rotatable bonds is 8. The van der Waals surface area contributed by atoms with Crippen LogP contribution in [0.25, 0.3) is 0 Å². The number of ether oxygens (including phenoxy) is 2. The minimum absolute atomic E-state index is 0.150. The lowest BCUT2D eigenvalue weighted by Crippen LogP contribution is -2.24. The van der Waals surface area contributed by atoms with E-state index in [0.717, 1.165) is 17.0 Å². The van der Waals surface area contributed by atoms with Crippen LogP contribution in [0.15, 0.2) is 59.5 Å². The molecule has 9 heteroatoms. The molecule has 0 spiro atoms. The van der Waals surface area contributed by atoms with Gasteiger partial charge >= 0.3 is 5.97 Å². The predicted octanol–water partition coefficient (Wildman–Crippen LogP) is 3.55. The zero-order valence-electron chi connectivity index (χ0n) is 16.8. The number of nitrogens with one attached hydrogen (secondary N) is 2. The largest absolute Gasteiger partial charge is 0.486 e. The number of carboxylic acids is 1. The van der Waals surface area contributed by atoms with Crippen LogP contribution in [-0.4, -0.2) is 41.4 Å². The highest BCUT2D eigenvalue weighted by Crippen LogP contribution is 2.33. The van der Waals surface area contributed by atoms with E-state index in [0.29, 0.717) is 42.5 Å². The number of benzene rings is 2. The number of hydrogen-bond donors (Lipinski definition) is 3. The molecule has 0 aromatic heterocycles. The first-order valence-electron chi connectivity index (χ1n) is 9.64. The first-order valence-corrected chi connectivity index (χ1v) is 10.5. The van der Waals surface area contributed by atoms with E-state index in [9.17, 15) is 14.4 Å². The van der Waals surface area contributed by atoms with E-state index in [1.165, 1.54) is 11.8 Å². The van der Waals surface area contributed by atoms with Gasteiger partial charge in [-0.3, -0.25) is 9.59 Å². The highest BCUT2D eigenvalue weighted by atomic mass is 32.2. The number of fused-ring (bicyclic) bond motifs is 1. The van der Waals surface area contributed by atoms with Crippen molar-refractivity contribution in [3.05, 3.63) is 54.6 Å². The molecule has 2 amide bonds. The molecule has 0 fully saturated rings. The Labute approximate surface area is 183 Å². The Morgan fingerprint density at radius 1 is 1.03 bits per heavy atom. The van der Waals surface area contributed by atoms with Gasteiger partial charge in [-0.2, -0.15) is 0 Å². The molecule has 1 heterocycles. The summed E-state index contributed by atoms with van der Waals surface area (Å²) in [5.41, 5.74) is 1.13. The van der Waals surface area contributed by atoms with Gasteiger partial charge in [0.2, 0.25) is 11.8 Å². The maximum atomic E-state index is 12.8. The minimum Gasteiger partial charge on any atom is -0.486 e. The fraction of sp³-hybridized carbons (Fsp3) is 0.227. The quantitative estimate of drug-likeness (QED) is 0.423. The molecule has 3 rings (SSSR count). The van der Waals surface area contributed by atoms with Crippen LogP contribution in [-0.2, 0) is 14.4 Å². The number of carboxylic acid groups (broad SMARTS) is 1. The normalized spacial score (nSPS) is 13.5. The topological polar surface area (TPSA) is 114 Å². The first-order chi connectivity index (χ1) is 14.9. The van der Waals surface area contributed by atoms with Crippen molar-refractivity contribution in [2.24, 2.45) is 0 Å². The van der Waals surface area contributed by atoms with Gasteiger partial charge in [0.15, 0.2) is 11.5 Å². The van der Waals surface area contributed by atoms with E-state index in [2.05, 4.69) is 10.6 Å². The third-order valence-electron chi connectivity index (χ3n) is 4.23. The molecular weight excluding hydrogens is 420 g/mol. The van der Waals surface area contributed by atoms with Gasteiger partial charge in [-0.25, -0.2) is 4.79 Å². The van der Waals surface area contributed by atoms with Crippen LogP contribution in [0.1, 0.15) is 13.3 Å². The molecule has 1 aliphatic heterocycles. The molecule has 8 nitrogen and oxygen atoms in total. The lowest BCUT2D eigenvalue weighted by molar-refractivity contribution is -0.131. The molecule has 0 aliphatic carbocycles. The summed E-state index contributed by atoms with van der Waals surface area (Å²) in [4.78, 5) is 35.9. The van der Waals surface area contributed by atoms with Crippen molar-refractivity contribution in [1.29, 1.82) is 0 Å². The molecule has 3 N–H and O–H groups in total. The van der Waals surface area contributed by atoms with Gasteiger partial charge in [0, 0.05) is 34.5 Å². The van der Waals surface area contributed by atoms with Crippen LogP contribution in [0.4, 0.5) is 11.4 Å². The number of aliphatic carboxylic acids is 1. The van der Waals surface area contributed by atoms with E-state index in [1.54, 1.807) is 36.4 Å². The average molecular weight is 442 g/mol. The molecular formula is C22H22N2O6S. The Kier molecular flexibility index (Phi) is 7.55. The molecule has 0 saturated heterocycles. The zero-order chi connectivity index (χ0) is 22.2. The summed E-state index contributed by atoms with van der Waals surface area (Å²) >= 11 is 1.37. The lowest BCUT2D eigenvalue weighted by Gasteiger charge is -2.20. The van der Waals surface area contributed by atoms with Crippen LogP contribution < -0.4 is 20.1 Å². The molecule has 162 valence electrons. The Bertz CT molecular complexity index is 1010. The lowest BCUT2D eigenvalue weighted by atomic mass is 10.2. The monoisotopic (exact) mass is 442 g/mol. The maximum absolute atomic E-state index is 12.8. The molecule has 2 aromatic carbocycles. The third-order valence-corrected chi connectivity index (χ3v) is 5.59. The smallest absolute Gasteiger partial charge is 0.328 e. The third kappa shape index (κ3) is 6.51. The highest BCUT2D eigenvalue weighted by Gasteiger charge is 2.20. The van der Waals surface area contributed by atoms with Gasteiger partial charge < -0.3 is 25.2 Å². The van der Waals surface area contributed by atoms with E-state index >= 15 is 0 Å². The molecule has 1 unspecified atom stereocenters. The van der Waals surface area contributed by atoms with Crippen LogP contribution in [0.3, 0.4) is 0 Å². The summed E-state index contributed by atoms with van der Waals surface area (Å²) in [7, 11) is 0. The Morgan fingerprint density at radius 3 is 2.52 bits per heavy atom. The minimum atomic E-state index is -1.20. The maximum Gasteiger partial charge on any atom is 0.328 e. The van der Waals surface area contributed by atoms with Gasteiger partial charge in [0.25, 0.3) is 0 Å². The van der Waals surface area contributed by atoms with Gasteiger partial charge in [-0.1, -0.05) is 13.0 Å². The number of hydrogen-bond acceptors (Lipinski definition) is 6. The SMILES string of the molecule is CCC(Sc1cccc(NC(=O)/C=C/C(=O)O)c1)C(=O)Nc1ccc2c(c1)OCCO2. The predicted molar refractivity (Wildman–Crippen MR) is 118 cm³/mol. The number of carbonyl (C=O) groups excluding carboxylic acids is 2. The highest BCUT2D eigenvalue weighted by molar-refractivity contribution is 8.00. The van der Waals surface area contributed by atoms with Crippen LogP contribution in [0.2, 0.25) is 0 Å². The van der Waals surface area contributed by atoms with Crippen molar-refractivity contribution >= 4 is 40.9 Å². The van der Waals surface area contributed by atoms with Gasteiger partial charge in [0.05, 0.1) is 5.25 Å². The molecule has 31 heavy (non-hydrogen) atoms. The first kappa shape index (κ1) is 22.2. The fourth-order valence-corrected chi connectivity index (χ4v) is 3.82. The molecule has 0 saturated carbocycles. The van der Waals surface area contributed by atoms with E-state index in [4.69, 9.17) is 14.6 Å². The van der Waals surface area contributed by atoms with Crippen LogP contribution >= 0.6 is 11.8 Å². The van der Waals surface area contributed by atoms with E-state index in [-0.39, 0.29) is 11.2 Å². The summed E-state index contributed by atoms with van der Waals surface area (Å²) in [6.45, 7) is 2.89. The summed E-state index contributed by atoms with van der Waals surface area (Å²) in [6.07, 6.45) is 2.31. The molecule has 1 atom stereocenters. The van der Waals surface area contributed by atoms with Gasteiger partial charge in [0.1, 0.15) is 13.2 Å². The van der Waals surface area contributed by atoms with E-state index in [1.807, 2.05) is 13.0 Å². The summed E-state index contributed by atoms with van der Waals surface area (Å²) in [5.74, 6) is -0.641. The van der Waals surface area contributed by atoms with Crippen LogP contribution in [0, 0.1) is 0 Å². The molecule has 0 radical (unpaired) electrons. The second-order valence-electron chi connectivity index (χ2n) is 6.55. The van der Waals surface area contributed by atoms with Crippen molar-refractivity contribution in [3.63, 3.8) is 0 Å². The van der Waals surface area contributed by atoms with Crippen molar-refractivity contribution in [2.75, 3.05) is 23.8 Å². The fourth-order valence-electron chi connectivity index (χ4n) is 2.81. The Hall–Kier alpha value is -3.46. The second kappa shape index (κ2) is 10.5.